The van der Waals surface area contributed by atoms with Crippen LogP contribution in [0.3, 0.4) is 0 Å². The van der Waals surface area contributed by atoms with Crippen molar-refractivity contribution >= 4 is 11.9 Å². The number of carbonyl (C=O) groups excluding carboxylic acids is 2. The van der Waals surface area contributed by atoms with Gasteiger partial charge in [0.25, 0.3) is 0 Å². The summed E-state index contributed by atoms with van der Waals surface area (Å²) in [6.45, 7) is 6.00. The molecule has 1 aliphatic rings. The lowest BCUT2D eigenvalue weighted by Gasteiger charge is -2.31. The van der Waals surface area contributed by atoms with Crippen LogP contribution in [0.15, 0.2) is 18.2 Å². The Morgan fingerprint density at radius 2 is 1.78 bits per heavy atom. The largest absolute Gasteiger partial charge is 0.490 e. The molecule has 0 heterocycles. The molecule has 0 N–H and O–H groups in total. The van der Waals surface area contributed by atoms with E-state index in [9.17, 15) is 9.59 Å². The van der Waals surface area contributed by atoms with Crippen molar-refractivity contribution in [3.05, 3.63) is 23.8 Å². The molecule has 0 spiro atoms. The summed E-state index contributed by atoms with van der Waals surface area (Å²) in [5.74, 6) is 1.43. The predicted octanol–water partition coefficient (Wildman–Crippen LogP) is 3.22. The summed E-state index contributed by atoms with van der Waals surface area (Å²) in [6, 6.07) is 5.89. The van der Waals surface area contributed by atoms with Crippen LogP contribution in [-0.2, 0) is 20.7 Å². The summed E-state index contributed by atoms with van der Waals surface area (Å²) in [5.41, 5.74) is 1.08. The van der Waals surface area contributed by atoms with Crippen LogP contribution in [-0.4, -0.2) is 50.2 Å². The van der Waals surface area contributed by atoms with Crippen LogP contribution in [0.1, 0.15) is 45.1 Å². The van der Waals surface area contributed by atoms with Gasteiger partial charge in [0.2, 0.25) is 5.91 Å². The maximum Gasteiger partial charge on any atom is 0.307 e. The number of amides is 1. The number of rotatable bonds is 11. The highest BCUT2D eigenvalue weighted by molar-refractivity contribution is 5.80. The molecule has 0 aliphatic heterocycles. The summed E-state index contributed by atoms with van der Waals surface area (Å²) in [4.78, 5) is 26.0. The van der Waals surface area contributed by atoms with Gasteiger partial charge in [-0.2, -0.15) is 0 Å². The van der Waals surface area contributed by atoms with Crippen LogP contribution in [0.2, 0.25) is 0 Å². The number of benzene rings is 1. The Balaban J connectivity index is 2.02. The molecule has 0 atom stereocenters. The zero-order chi connectivity index (χ0) is 19.6. The summed E-state index contributed by atoms with van der Waals surface area (Å²) < 4.78 is 16.0. The van der Waals surface area contributed by atoms with Crippen molar-refractivity contribution in [1.82, 2.24) is 4.90 Å². The van der Waals surface area contributed by atoms with Crippen molar-refractivity contribution in [3.63, 3.8) is 0 Å². The average molecular weight is 377 g/mol. The SMILES string of the molecule is CCOc1ccc(CCN(CCC(=O)OC)C(=O)C2CCC2)cc1OCC. The molecule has 2 rings (SSSR count). The van der Waals surface area contributed by atoms with Gasteiger partial charge in [-0.3, -0.25) is 9.59 Å². The molecule has 1 aromatic carbocycles. The molecule has 6 nitrogen and oxygen atoms in total. The van der Waals surface area contributed by atoms with Crippen LogP contribution in [0.25, 0.3) is 0 Å². The van der Waals surface area contributed by atoms with E-state index in [4.69, 9.17) is 14.2 Å². The van der Waals surface area contributed by atoms with Gasteiger partial charge in [0, 0.05) is 19.0 Å². The zero-order valence-corrected chi connectivity index (χ0v) is 16.7. The third-order valence-corrected chi connectivity index (χ3v) is 4.86. The van der Waals surface area contributed by atoms with Gasteiger partial charge in [-0.1, -0.05) is 12.5 Å². The Bertz CT molecular complexity index is 627. The van der Waals surface area contributed by atoms with Gasteiger partial charge in [-0.15, -0.1) is 0 Å². The predicted molar refractivity (Wildman–Crippen MR) is 103 cm³/mol. The molecular formula is C21H31NO5. The smallest absolute Gasteiger partial charge is 0.307 e. The van der Waals surface area contributed by atoms with Crippen LogP contribution in [0.5, 0.6) is 11.5 Å². The van der Waals surface area contributed by atoms with Crippen LogP contribution in [0.4, 0.5) is 0 Å². The van der Waals surface area contributed by atoms with Gasteiger partial charge in [0.15, 0.2) is 11.5 Å². The van der Waals surface area contributed by atoms with Crippen LogP contribution >= 0.6 is 0 Å². The minimum Gasteiger partial charge on any atom is -0.490 e. The van der Waals surface area contributed by atoms with Crippen LogP contribution < -0.4 is 9.47 Å². The monoisotopic (exact) mass is 377 g/mol. The molecular weight excluding hydrogens is 346 g/mol. The van der Waals surface area contributed by atoms with E-state index >= 15 is 0 Å². The summed E-state index contributed by atoms with van der Waals surface area (Å²) >= 11 is 0. The number of hydrogen-bond donors (Lipinski definition) is 0. The van der Waals surface area contributed by atoms with E-state index in [2.05, 4.69) is 0 Å². The van der Waals surface area contributed by atoms with Gasteiger partial charge < -0.3 is 19.1 Å². The molecule has 0 unspecified atom stereocenters. The molecule has 0 radical (unpaired) electrons. The van der Waals surface area contributed by atoms with E-state index < -0.39 is 0 Å². The van der Waals surface area contributed by atoms with Gasteiger partial charge in [-0.05, 0) is 50.8 Å². The summed E-state index contributed by atoms with van der Waals surface area (Å²) in [5, 5.41) is 0. The maximum atomic E-state index is 12.7. The Hall–Kier alpha value is -2.24. The van der Waals surface area contributed by atoms with Crippen molar-refractivity contribution in [2.45, 2.75) is 46.0 Å². The van der Waals surface area contributed by atoms with Gasteiger partial charge in [0.1, 0.15) is 0 Å². The number of methoxy groups -OCH3 is 1. The second-order valence-electron chi connectivity index (χ2n) is 6.68. The summed E-state index contributed by atoms with van der Waals surface area (Å²) in [6.07, 6.45) is 3.93. The third-order valence-electron chi connectivity index (χ3n) is 4.86. The highest BCUT2D eigenvalue weighted by Gasteiger charge is 2.29. The first-order valence-electron chi connectivity index (χ1n) is 9.83. The number of hydrogen-bond acceptors (Lipinski definition) is 5. The molecule has 1 aromatic rings. The average Bonchev–Trinajstić information content (AvgIpc) is 2.62. The number of nitrogens with zero attached hydrogens (tertiary/aromatic N) is 1. The van der Waals surface area contributed by atoms with E-state index in [1.165, 1.54) is 7.11 Å². The lowest BCUT2D eigenvalue weighted by Crippen LogP contribution is -2.41. The fourth-order valence-corrected chi connectivity index (χ4v) is 3.09. The summed E-state index contributed by atoms with van der Waals surface area (Å²) in [7, 11) is 1.37. The molecule has 1 aliphatic carbocycles. The normalized spacial score (nSPS) is 13.6. The second-order valence-corrected chi connectivity index (χ2v) is 6.68. The topological polar surface area (TPSA) is 65.1 Å². The number of ether oxygens (including phenoxy) is 3. The Kier molecular flexibility index (Phi) is 8.43. The molecule has 0 aromatic heterocycles. The van der Waals surface area contributed by atoms with E-state index in [0.717, 1.165) is 36.3 Å². The van der Waals surface area contributed by atoms with Gasteiger partial charge in [-0.25, -0.2) is 0 Å². The molecule has 150 valence electrons. The minimum atomic E-state index is -0.291. The lowest BCUT2D eigenvalue weighted by atomic mass is 9.84. The highest BCUT2D eigenvalue weighted by atomic mass is 16.5. The second kappa shape index (κ2) is 10.8. The van der Waals surface area contributed by atoms with E-state index in [-0.39, 0.29) is 24.2 Å². The number of carbonyl (C=O) groups is 2. The first-order chi connectivity index (χ1) is 13.1. The standard InChI is InChI=1S/C21H31NO5/c1-4-26-18-10-9-16(15-19(18)27-5-2)11-13-22(14-12-20(23)25-3)21(24)17-7-6-8-17/h9-10,15,17H,4-8,11-14H2,1-3H3. The third kappa shape index (κ3) is 6.15. The van der Waals surface area contributed by atoms with Gasteiger partial charge in [0.05, 0.1) is 26.7 Å². The molecule has 0 saturated heterocycles. The molecule has 0 bridgehead atoms. The zero-order valence-electron chi connectivity index (χ0n) is 16.7. The molecule has 6 heteroatoms. The van der Waals surface area contributed by atoms with Crippen molar-refractivity contribution in [2.75, 3.05) is 33.4 Å². The Morgan fingerprint density at radius 1 is 1.07 bits per heavy atom. The first kappa shape index (κ1) is 21.1. The number of esters is 1. The molecule has 1 saturated carbocycles. The Morgan fingerprint density at radius 3 is 2.37 bits per heavy atom. The molecule has 1 fully saturated rings. The van der Waals surface area contributed by atoms with Crippen molar-refractivity contribution < 1.29 is 23.8 Å². The highest BCUT2D eigenvalue weighted by Crippen LogP contribution is 2.30. The van der Waals surface area contributed by atoms with Gasteiger partial charge >= 0.3 is 5.97 Å². The van der Waals surface area contributed by atoms with Crippen LogP contribution in [0, 0.1) is 5.92 Å². The minimum absolute atomic E-state index is 0.113. The van der Waals surface area contributed by atoms with Crippen molar-refractivity contribution in [1.29, 1.82) is 0 Å². The fraction of sp³-hybridized carbons (Fsp3) is 0.619. The van der Waals surface area contributed by atoms with E-state index in [1.807, 2.05) is 32.0 Å². The lowest BCUT2D eigenvalue weighted by molar-refractivity contribution is -0.143. The maximum absolute atomic E-state index is 12.7. The quantitative estimate of drug-likeness (QED) is 0.554. The molecule has 1 amide bonds. The molecule has 27 heavy (non-hydrogen) atoms. The van der Waals surface area contributed by atoms with E-state index in [1.54, 1.807) is 4.90 Å². The van der Waals surface area contributed by atoms with Crippen molar-refractivity contribution in [3.8, 4) is 11.5 Å². The van der Waals surface area contributed by atoms with Crippen molar-refractivity contribution in [2.24, 2.45) is 5.92 Å². The fourth-order valence-electron chi connectivity index (χ4n) is 3.09. The Labute approximate surface area is 161 Å². The first-order valence-corrected chi connectivity index (χ1v) is 9.83. The van der Waals surface area contributed by atoms with E-state index in [0.29, 0.717) is 32.7 Å².